The van der Waals surface area contributed by atoms with Crippen LogP contribution < -0.4 is 5.32 Å². The van der Waals surface area contributed by atoms with Gasteiger partial charge in [-0.2, -0.15) is 0 Å². The molecule has 1 aromatic rings. The van der Waals surface area contributed by atoms with Crippen molar-refractivity contribution < 1.29 is 4.92 Å². The zero-order chi connectivity index (χ0) is 14.5. The van der Waals surface area contributed by atoms with Crippen molar-refractivity contribution in [2.45, 2.75) is 51.5 Å². The van der Waals surface area contributed by atoms with Gasteiger partial charge in [0, 0.05) is 18.3 Å². The summed E-state index contributed by atoms with van der Waals surface area (Å²) in [7, 11) is 0. The molecule has 0 bridgehead atoms. The van der Waals surface area contributed by atoms with Gasteiger partial charge in [0.15, 0.2) is 0 Å². The van der Waals surface area contributed by atoms with Crippen LogP contribution in [-0.2, 0) is 0 Å². The number of nitrogens with zero attached hydrogens (tertiary/aromatic N) is 2. The van der Waals surface area contributed by atoms with Crippen LogP contribution in [0.5, 0.6) is 0 Å². The molecular formula is C14H20ClN3O2. The van der Waals surface area contributed by atoms with Gasteiger partial charge in [-0.15, -0.1) is 0 Å². The molecule has 1 heterocycles. The van der Waals surface area contributed by atoms with Crippen LogP contribution in [0.4, 0.5) is 11.5 Å². The molecular weight excluding hydrogens is 278 g/mol. The van der Waals surface area contributed by atoms with E-state index < -0.39 is 4.92 Å². The third-order valence-corrected chi connectivity index (χ3v) is 4.12. The smallest absolute Gasteiger partial charge is 0.312 e. The number of halogens is 1. The average molecular weight is 298 g/mol. The Bertz CT molecular complexity index is 473. The Morgan fingerprint density at radius 1 is 1.45 bits per heavy atom. The number of rotatable bonds is 5. The second-order valence-corrected chi connectivity index (χ2v) is 5.87. The Balaban J connectivity index is 1.99. The Hall–Kier alpha value is -1.36. The Labute approximate surface area is 123 Å². The van der Waals surface area contributed by atoms with Crippen LogP contribution >= 0.6 is 11.6 Å². The summed E-state index contributed by atoms with van der Waals surface area (Å²) in [6.07, 6.45) is 8.43. The van der Waals surface area contributed by atoms with Crippen molar-refractivity contribution in [3.8, 4) is 0 Å². The third kappa shape index (κ3) is 3.82. The minimum absolute atomic E-state index is 0.0480. The molecule has 5 nitrogen and oxygen atoms in total. The van der Waals surface area contributed by atoms with Crippen molar-refractivity contribution in [3.63, 3.8) is 0 Å². The summed E-state index contributed by atoms with van der Waals surface area (Å²) in [5.74, 6) is 1.14. The van der Waals surface area contributed by atoms with Gasteiger partial charge in [-0.25, -0.2) is 4.98 Å². The van der Waals surface area contributed by atoms with Gasteiger partial charge in [0.05, 0.1) is 9.95 Å². The van der Waals surface area contributed by atoms with E-state index >= 15 is 0 Å². The van der Waals surface area contributed by atoms with Gasteiger partial charge in [-0.05, 0) is 31.6 Å². The van der Waals surface area contributed by atoms with E-state index in [4.69, 9.17) is 11.6 Å². The lowest BCUT2D eigenvalue weighted by Gasteiger charge is -2.29. The maximum atomic E-state index is 11.0. The van der Waals surface area contributed by atoms with Gasteiger partial charge in [0.25, 0.3) is 0 Å². The van der Waals surface area contributed by atoms with Gasteiger partial charge in [0.2, 0.25) is 5.82 Å². The molecule has 0 atom stereocenters. The molecule has 110 valence electrons. The fraction of sp³-hybridized carbons (Fsp3) is 0.643. The highest BCUT2D eigenvalue weighted by Gasteiger charge is 2.24. The number of aromatic nitrogens is 1. The predicted molar refractivity (Wildman–Crippen MR) is 80.2 cm³/mol. The van der Waals surface area contributed by atoms with Crippen LogP contribution in [0.2, 0.25) is 5.02 Å². The van der Waals surface area contributed by atoms with Gasteiger partial charge in [-0.3, -0.25) is 10.1 Å². The standard InChI is InChI=1S/C14H20ClN3O2/c1-2-3-10-4-6-12(7-5-10)17-14-13(18(19)20)8-11(15)9-16-14/h8-10,12H,2-7H2,1H3,(H,16,17). The Kier molecular flexibility index (Phi) is 5.17. The summed E-state index contributed by atoms with van der Waals surface area (Å²) in [4.78, 5) is 14.6. The molecule has 0 aromatic carbocycles. The van der Waals surface area contributed by atoms with Gasteiger partial charge in [-0.1, -0.05) is 31.4 Å². The van der Waals surface area contributed by atoms with Crippen molar-refractivity contribution in [3.05, 3.63) is 27.4 Å². The molecule has 1 aliphatic carbocycles. The monoisotopic (exact) mass is 297 g/mol. The molecule has 1 aliphatic rings. The fourth-order valence-corrected chi connectivity index (χ4v) is 3.03. The average Bonchev–Trinajstić information content (AvgIpc) is 2.43. The molecule has 0 spiro atoms. The molecule has 0 aliphatic heterocycles. The van der Waals surface area contributed by atoms with Crippen LogP contribution in [-0.4, -0.2) is 15.9 Å². The first-order valence-electron chi connectivity index (χ1n) is 7.16. The molecule has 0 radical (unpaired) electrons. The molecule has 0 unspecified atom stereocenters. The van der Waals surface area contributed by atoms with Crippen LogP contribution in [0.1, 0.15) is 45.4 Å². The maximum Gasteiger partial charge on any atom is 0.312 e. The van der Waals surface area contributed by atoms with Crippen molar-refractivity contribution >= 4 is 23.1 Å². The van der Waals surface area contributed by atoms with E-state index in [0.29, 0.717) is 5.82 Å². The lowest BCUT2D eigenvalue weighted by atomic mass is 9.83. The topological polar surface area (TPSA) is 68.1 Å². The van der Waals surface area contributed by atoms with Crippen molar-refractivity contribution in [2.24, 2.45) is 5.92 Å². The molecule has 1 saturated carbocycles. The quantitative estimate of drug-likeness (QED) is 0.645. The van der Waals surface area contributed by atoms with Crippen molar-refractivity contribution in [1.29, 1.82) is 0 Å². The minimum atomic E-state index is -0.441. The first-order chi connectivity index (χ1) is 9.60. The summed E-state index contributed by atoms with van der Waals surface area (Å²) >= 11 is 5.76. The zero-order valence-corrected chi connectivity index (χ0v) is 12.4. The number of hydrogen-bond donors (Lipinski definition) is 1. The lowest BCUT2D eigenvalue weighted by Crippen LogP contribution is -2.26. The Morgan fingerprint density at radius 2 is 2.15 bits per heavy atom. The molecule has 1 N–H and O–H groups in total. The molecule has 0 saturated heterocycles. The first-order valence-corrected chi connectivity index (χ1v) is 7.54. The molecule has 2 rings (SSSR count). The molecule has 1 aromatic heterocycles. The predicted octanol–water partition coefficient (Wildman–Crippen LogP) is 4.41. The number of pyridine rings is 1. The van der Waals surface area contributed by atoms with Crippen LogP contribution in [0.25, 0.3) is 0 Å². The van der Waals surface area contributed by atoms with Crippen LogP contribution in [0.3, 0.4) is 0 Å². The van der Waals surface area contributed by atoms with E-state index in [-0.39, 0.29) is 16.8 Å². The highest BCUT2D eigenvalue weighted by atomic mass is 35.5. The first kappa shape index (κ1) is 15.0. The van der Waals surface area contributed by atoms with E-state index in [1.807, 2.05) is 0 Å². The molecule has 0 amide bonds. The number of anilines is 1. The second kappa shape index (κ2) is 6.88. The third-order valence-electron chi connectivity index (χ3n) is 3.92. The summed E-state index contributed by atoms with van der Waals surface area (Å²) < 4.78 is 0. The number of nitro groups is 1. The summed E-state index contributed by atoms with van der Waals surface area (Å²) in [6, 6.07) is 1.62. The zero-order valence-electron chi connectivity index (χ0n) is 11.6. The van der Waals surface area contributed by atoms with Crippen LogP contribution in [0.15, 0.2) is 12.3 Å². The van der Waals surface area contributed by atoms with Crippen molar-refractivity contribution in [2.75, 3.05) is 5.32 Å². The molecule has 6 heteroatoms. The van der Waals surface area contributed by atoms with E-state index in [1.54, 1.807) is 0 Å². The largest absolute Gasteiger partial charge is 0.362 e. The van der Waals surface area contributed by atoms with Gasteiger partial charge in [0.1, 0.15) is 0 Å². The maximum absolute atomic E-state index is 11.0. The highest BCUT2D eigenvalue weighted by Crippen LogP contribution is 2.31. The molecule has 20 heavy (non-hydrogen) atoms. The van der Waals surface area contributed by atoms with Gasteiger partial charge >= 0.3 is 5.69 Å². The van der Waals surface area contributed by atoms with E-state index in [1.165, 1.54) is 37.9 Å². The fourth-order valence-electron chi connectivity index (χ4n) is 2.88. The van der Waals surface area contributed by atoms with E-state index in [2.05, 4.69) is 17.2 Å². The van der Waals surface area contributed by atoms with Gasteiger partial charge < -0.3 is 5.32 Å². The van der Waals surface area contributed by atoms with Crippen molar-refractivity contribution in [1.82, 2.24) is 4.98 Å². The lowest BCUT2D eigenvalue weighted by molar-refractivity contribution is -0.384. The minimum Gasteiger partial charge on any atom is -0.362 e. The second-order valence-electron chi connectivity index (χ2n) is 5.43. The normalized spacial score (nSPS) is 22.5. The SMILES string of the molecule is CCCC1CCC(Nc2ncc(Cl)cc2[N+](=O)[O-])CC1. The van der Waals surface area contributed by atoms with Crippen LogP contribution in [0, 0.1) is 16.0 Å². The molecule has 1 fully saturated rings. The van der Waals surface area contributed by atoms with E-state index in [0.717, 1.165) is 18.8 Å². The summed E-state index contributed by atoms with van der Waals surface area (Å²) in [6.45, 7) is 2.21. The number of hydrogen-bond acceptors (Lipinski definition) is 4. The van der Waals surface area contributed by atoms with E-state index in [9.17, 15) is 10.1 Å². The number of nitrogens with one attached hydrogen (secondary N) is 1. The highest BCUT2D eigenvalue weighted by molar-refractivity contribution is 6.30. The Morgan fingerprint density at radius 3 is 2.75 bits per heavy atom. The summed E-state index contributed by atoms with van der Waals surface area (Å²) in [5.41, 5.74) is -0.0480. The summed E-state index contributed by atoms with van der Waals surface area (Å²) in [5, 5.41) is 14.5.